The van der Waals surface area contributed by atoms with Crippen molar-refractivity contribution in [1.29, 1.82) is 0 Å². The number of ether oxygens (including phenoxy) is 1. The Morgan fingerprint density at radius 2 is 2.15 bits per heavy atom. The van der Waals surface area contributed by atoms with Gasteiger partial charge in [0, 0.05) is 16.0 Å². The molecule has 1 aromatic heterocycles. The van der Waals surface area contributed by atoms with Gasteiger partial charge in [0.15, 0.2) is 0 Å². The van der Waals surface area contributed by atoms with Crippen molar-refractivity contribution in [3.63, 3.8) is 0 Å². The van der Waals surface area contributed by atoms with Gasteiger partial charge in [-0.2, -0.15) is 0 Å². The minimum absolute atomic E-state index is 0.568. The zero-order valence-electron chi connectivity index (χ0n) is 10.8. The van der Waals surface area contributed by atoms with Crippen LogP contribution in [0.4, 0.5) is 0 Å². The van der Waals surface area contributed by atoms with Crippen molar-refractivity contribution in [2.75, 3.05) is 0 Å². The normalized spacial score (nSPS) is 16.1. The number of hydrogen-bond acceptors (Lipinski definition) is 4. The summed E-state index contributed by atoms with van der Waals surface area (Å²) in [6.07, 6.45) is 2.79. The third kappa shape index (κ3) is 2.74. The van der Waals surface area contributed by atoms with Crippen LogP contribution in [-0.2, 0) is 13.0 Å². The first kappa shape index (κ1) is 13.6. The number of fused-ring (bicyclic) bond motifs is 1. The molecule has 0 bridgehead atoms. The molecule has 0 saturated heterocycles. The summed E-state index contributed by atoms with van der Waals surface area (Å²) in [5.41, 5.74) is 2.93. The van der Waals surface area contributed by atoms with Gasteiger partial charge in [0.05, 0.1) is 9.50 Å². The summed E-state index contributed by atoms with van der Waals surface area (Å²) in [4.78, 5) is 1.18. The fourth-order valence-electron chi connectivity index (χ4n) is 2.48. The smallest absolute Gasteiger partial charge is 0.123 e. The third-order valence-electron chi connectivity index (χ3n) is 3.40. The van der Waals surface area contributed by atoms with E-state index in [9.17, 15) is 0 Å². The standard InChI is InChI=1S/C15H14BrNO2S/c16-15-8-7-10(20-15)9-19-14-6-2-3-11-12(14)4-1-5-13(11)17-18/h2-3,6-8,18H,1,4-5,9H2. The monoisotopic (exact) mass is 351 g/mol. The van der Waals surface area contributed by atoms with Crippen LogP contribution in [-0.4, -0.2) is 10.9 Å². The van der Waals surface area contributed by atoms with E-state index in [1.165, 1.54) is 4.88 Å². The molecule has 5 heteroatoms. The number of hydrogen-bond donors (Lipinski definition) is 1. The van der Waals surface area contributed by atoms with Crippen molar-refractivity contribution in [3.05, 3.63) is 50.1 Å². The highest BCUT2D eigenvalue weighted by Gasteiger charge is 2.19. The Hall–Kier alpha value is -1.33. The quantitative estimate of drug-likeness (QED) is 0.648. The zero-order valence-corrected chi connectivity index (χ0v) is 13.2. The summed E-state index contributed by atoms with van der Waals surface area (Å²) in [5.74, 6) is 0.896. The molecular formula is C15H14BrNO2S. The lowest BCUT2D eigenvalue weighted by atomic mass is 9.89. The van der Waals surface area contributed by atoms with Crippen LogP contribution in [0, 0.1) is 0 Å². The van der Waals surface area contributed by atoms with Crippen molar-refractivity contribution in [3.8, 4) is 5.75 Å². The first-order valence-electron chi connectivity index (χ1n) is 6.48. The summed E-state index contributed by atoms with van der Waals surface area (Å²) in [5, 5.41) is 12.5. The minimum Gasteiger partial charge on any atom is -0.488 e. The summed E-state index contributed by atoms with van der Waals surface area (Å²) >= 11 is 5.13. The number of rotatable bonds is 3. The van der Waals surface area contributed by atoms with Gasteiger partial charge >= 0.3 is 0 Å². The van der Waals surface area contributed by atoms with E-state index in [0.29, 0.717) is 6.61 Å². The molecule has 20 heavy (non-hydrogen) atoms. The third-order valence-corrected chi connectivity index (χ3v) is 5.00. The zero-order chi connectivity index (χ0) is 13.9. The molecule has 1 aromatic carbocycles. The largest absolute Gasteiger partial charge is 0.488 e. The predicted octanol–water partition coefficient (Wildman–Crippen LogP) is 4.60. The number of halogens is 1. The maximum Gasteiger partial charge on any atom is 0.123 e. The molecule has 3 rings (SSSR count). The van der Waals surface area contributed by atoms with Gasteiger partial charge in [-0.15, -0.1) is 11.3 Å². The average molecular weight is 352 g/mol. The van der Waals surface area contributed by atoms with E-state index >= 15 is 0 Å². The van der Waals surface area contributed by atoms with Crippen LogP contribution in [0.15, 0.2) is 39.3 Å². The van der Waals surface area contributed by atoms with Crippen LogP contribution in [0.3, 0.4) is 0 Å². The average Bonchev–Trinajstić information content (AvgIpc) is 2.90. The molecule has 0 unspecified atom stereocenters. The van der Waals surface area contributed by atoms with Crippen LogP contribution in [0.5, 0.6) is 5.75 Å². The Balaban J connectivity index is 1.83. The van der Waals surface area contributed by atoms with E-state index in [4.69, 9.17) is 9.94 Å². The molecule has 0 amide bonds. The van der Waals surface area contributed by atoms with E-state index in [2.05, 4.69) is 27.2 Å². The van der Waals surface area contributed by atoms with Crippen LogP contribution < -0.4 is 4.74 Å². The maximum absolute atomic E-state index is 9.08. The minimum atomic E-state index is 0.568. The topological polar surface area (TPSA) is 41.8 Å². The second-order valence-corrected chi connectivity index (χ2v) is 7.22. The van der Waals surface area contributed by atoms with Gasteiger partial charge in [0.1, 0.15) is 12.4 Å². The van der Waals surface area contributed by atoms with Crippen molar-refractivity contribution in [2.24, 2.45) is 5.16 Å². The van der Waals surface area contributed by atoms with Crippen LogP contribution in [0.2, 0.25) is 0 Å². The highest BCUT2D eigenvalue weighted by Crippen LogP contribution is 2.31. The number of oxime groups is 1. The Morgan fingerprint density at radius 1 is 1.25 bits per heavy atom. The van der Waals surface area contributed by atoms with Gasteiger partial charge in [-0.1, -0.05) is 17.3 Å². The fraction of sp³-hybridized carbons (Fsp3) is 0.267. The van der Waals surface area contributed by atoms with Crippen molar-refractivity contribution in [2.45, 2.75) is 25.9 Å². The highest BCUT2D eigenvalue weighted by atomic mass is 79.9. The molecule has 0 radical (unpaired) electrons. The lowest BCUT2D eigenvalue weighted by molar-refractivity contribution is 0.305. The molecule has 1 aliphatic carbocycles. The molecule has 0 saturated carbocycles. The predicted molar refractivity (Wildman–Crippen MR) is 84.1 cm³/mol. The molecule has 1 N–H and O–H groups in total. The summed E-state index contributed by atoms with van der Waals surface area (Å²) in [7, 11) is 0. The molecule has 0 atom stereocenters. The summed E-state index contributed by atoms with van der Waals surface area (Å²) in [6, 6.07) is 10.0. The lowest BCUT2D eigenvalue weighted by Crippen LogP contribution is -2.13. The van der Waals surface area contributed by atoms with Gasteiger partial charge in [-0.05, 0) is 53.4 Å². The van der Waals surface area contributed by atoms with Gasteiger partial charge in [0.2, 0.25) is 0 Å². The van der Waals surface area contributed by atoms with Gasteiger partial charge in [-0.25, -0.2) is 0 Å². The van der Waals surface area contributed by atoms with E-state index in [1.807, 2.05) is 24.3 Å². The fourth-order valence-corrected chi connectivity index (χ4v) is 3.87. The molecule has 2 aromatic rings. The van der Waals surface area contributed by atoms with E-state index < -0.39 is 0 Å². The van der Waals surface area contributed by atoms with Gasteiger partial charge in [-0.3, -0.25) is 0 Å². The number of nitrogens with zero attached hydrogens (tertiary/aromatic N) is 1. The van der Waals surface area contributed by atoms with E-state index in [0.717, 1.165) is 45.6 Å². The SMILES string of the molecule is ON=C1CCCc2c(OCc3ccc(Br)s3)cccc21. The maximum atomic E-state index is 9.08. The Bertz CT molecular complexity index is 651. The molecular weight excluding hydrogens is 338 g/mol. The van der Waals surface area contributed by atoms with Crippen LogP contribution in [0.1, 0.15) is 28.8 Å². The van der Waals surface area contributed by atoms with E-state index in [1.54, 1.807) is 11.3 Å². The molecule has 0 aliphatic heterocycles. The van der Waals surface area contributed by atoms with Gasteiger partial charge in [0.25, 0.3) is 0 Å². The lowest BCUT2D eigenvalue weighted by Gasteiger charge is -2.20. The second-order valence-electron chi connectivity index (χ2n) is 4.68. The van der Waals surface area contributed by atoms with Crippen molar-refractivity contribution < 1.29 is 9.94 Å². The Kier molecular flexibility index (Phi) is 4.08. The first-order chi connectivity index (χ1) is 9.78. The van der Waals surface area contributed by atoms with Crippen molar-refractivity contribution in [1.82, 2.24) is 0 Å². The summed E-state index contributed by atoms with van der Waals surface area (Å²) < 4.78 is 7.06. The molecule has 0 fully saturated rings. The Morgan fingerprint density at radius 3 is 2.90 bits per heavy atom. The molecule has 0 spiro atoms. The van der Waals surface area contributed by atoms with Crippen molar-refractivity contribution >= 4 is 33.0 Å². The summed E-state index contributed by atoms with van der Waals surface area (Å²) in [6.45, 7) is 0.568. The molecule has 3 nitrogen and oxygen atoms in total. The number of thiophene rings is 1. The molecule has 104 valence electrons. The van der Waals surface area contributed by atoms with E-state index in [-0.39, 0.29) is 0 Å². The molecule has 1 aliphatic rings. The second kappa shape index (κ2) is 5.97. The highest BCUT2D eigenvalue weighted by molar-refractivity contribution is 9.11. The van der Waals surface area contributed by atoms with Gasteiger partial charge < -0.3 is 9.94 Å². The van der Waals surface area contributed by atoms with Crippen LogP contribution in [0.25, 0.3) is 0 Å². The molecule has 1 heterocycles. The number of benzene rings is 1. The Labute approximate surface area is 130 Å². The first-order valence-corrected chi connectivity index (χ1v) is 8.09. The van der Waals surface area contributed by atoms with Crippen LogP contribution >= 0.6 is 27.3 Å².